The second kappa shape index (κ2) is 7.86. The van der Waals surface area contributed by atoms with Crippen molar-refractivity contribution in [2.75, 3.05) is 31.1 Å². The van der Waals surface area contributed by atoms with Gasteiger partial charge < -0.3 is 4.90 Å². The predicted molar refractivity (Wildman–Crippen MR) is 115 cm³/mol. The molecule has 1 fully saturated rings. The summed E-state index contributed by atoms with van der Waals surface area (Å²) < 4.78 is 3.75. The number of para-hydroxylation sites is 2. The first-order valence-corrected chi connectivity index (χ1v) is 9.99. The Balaban J connectivity index is 1.51. The van der Waals surface area contributed by atoms with E-state index < -0.39 is 0 Å². The molecule has 0 bridgehead atoms. The smallest absolute Gasteiger partial charge is 0.274 e. The molecule has 2 aromatic carbocycles. The summed E-state index contributed by atoms with van der Waals surface area (Å²) in [6.45, 7) is 6.43. The van der Waals surface area contributed by atoms with E-state index in [0.717, 1.165) is 60.4 Å². The number of rotatable bonds is 4. The van der Waals surface area contributed by atoms with E-state index in [-0.39, 0.29) is 5.56 Å². The van der Waals surface area contributed by atoms with E-state index in [0.29, 0.717) is 0 Å². The fourth-order valence-corrected chi connectivity index (χ4v) is 4.18. The zero-order valence-electron chi connectivity index (χ0n) is 16.3. The summed E-state index contributed by atoms with van der Waals surface area (Å²) in [4.78, 5) is 17.6. The highest BCUT2D eigenvalue weighted by Crippen LogP contribution is 2.26. The van der Waals surface area contributed by atoms with Gasteiger partial charge in [-0.3, -0.25) is 14.4 Å². The average Bonchev–Trinajstić information content (AvgIpc) is 2.93. The molecule has 6 heteroatoms. The minimum Gasteiger partial charge on any atom is -0.368 e. The third kappa shape index (κ3) is 3.48. The molecule has 0 amide bonds. The minimum absolute atomic E-state index is 0.0541. The Labute approximate surface area is 170 Å². The summed E-state index contributed by atoms with van der Waals surface area (Å²) in [5, 5.41) is 0.800. The van der Waals surface area contributed by atoms with Crippen molar-refractivity contribution in [3.63, 3.8) is 0 Å². The molecule has 1 aromatic heterocycles. The van der Waals surface area contributed by atoms with Gasteiger partial charge in [-0.2, -0.15) is 0 Å². The predicted octanol–water partition coefficient (Wildman–Crippen LogP) is 3.46. The van der Waals surface area contributed by atoms with Gasteiger partial charge >= 0.3 is 0 Å². The maximum absolute atomic E-state index is 12.8. The van der Waals surface area contributed by atoms with Crippen LogP contribution < -0.4 is 10.5 Å². The van der Waals surface area contributed by atoms with Crippen molar-refractivity contribution < 1.29 is 0 Å². The fraction of sp³-hybridized carbons (Fsp3) is 0.318. The van der Waals surface area contributed by atoms with Crippen molar-refractivity contribution in [1.29, 1.82) is 0 Å². The monoisotopic (exact) mass is 396 g/mol. The first-order chi connectivity index (χ1) is 13.6. The van der Waals surface area contributed by atoms with Crippen LogP contribution in [0.25, 0.3) is 5.69 Å². The van der Waals surface area contributed by atoms with E-state index in [2.05, 4.69) is 15.9 Å². The minimum atomic E-state index is 0.0541. The van der Waals surface area contributed by atoms with Crippen LogP contribution in [0.3, 0.4) is 0 Å². The number of benzene rings is 2. The van der Waals surface area contributed by atoms with Gasteiger partial charge in [-0.15, -0.1) is 0 Å². The maximum atomic E-state index is 12.8. The van der Waals surface area contributed by atoms with Crippen molar-refractivity contribution in [2.45, 2.75) is 13.5 Å². The number of aromatic nitrogens is 2. The lowest BCUT2D eigenvalue weighted by Crippen LogP contribution is -2.46. The van der Waals surface area contributed by atoms with Gasteiger partial charge in [-0.25, -0.2) is 4.68 Å². The Bertz CT molecular complexity index is 1020. The molecule has 0 saturated carbocycles. The van der Waals surface area contributed by atoms with Crippen LogP contribution in [0.5, 0.6) is 0 Å². The van der Waals surface area contributed by atoms with Gasteiger partial charge in [-0.05, 0) is 31.2 Å². The molecule has 0 spiro atoms. The lowest BCUT2D eigenvalue weighted by Gasteiger charge is -2.36. The van der Waals surface area contributed by atoms with Crippen molar-refractivity contribution in [3.8, 4) is 5.69 Å². The molecule has 0 unspecified atom stereocenters. The average molecular weight is 397 g/mol. The molecule has 146 valence electrons. The van der Waals surface area contributed by atoms with Crippen LogP contribution in [0.2, 0.25) is 5.02 Å². The van der Waals surface area contributed by atoms with Crippen molar-refractivity contribution in [3.05, 3.63) is 81.2 Å². The second-order valence-corrected chi connectivity index (χ2v) is 7.67. The summed E-state index contributed by atoms with van der Waals surface area (Å²) in [6, 6.07) is 17.8. The Morgan fingerprint density at radius 2 is 1.57 bits per heavy atom. The molecule has 28 heavy (non-hydrogen) atoms. The lowest BCUT2D eigenvalue weighted by atomic mass is 10.2. The molecule has 2 heterocycles. The molecule has 0 aliphatic carbocycles. The van der Waals surface area contributed by atoms with Crippen LogP contribution in [-0.2, 0) is 13.6 Å². The highest BCUT2D eigenvalue weighted by atomic mass is 35.5. The Hall–Kier alpha value is -2.50. The third-order valence-corrected chi connectivity index (χ3v) is 5.90. The molecule has 5 nitrogen and oxygen atoms in total. The summed E-state index contributed by atoms with van der Waals surface area (Å²) in [6.07, 6.45) is 0. The van der Waals surface area contributed by atoms with Crippen molar-refractivity contribution in [2.24, 2.45) is 7.05 Å². The zero-order valence-corrected chi connectivity index (χ0v) is 17.1. The Morgan fingerprint density at radius 1 is 0.929 bits per heavy atom. The molecule has 0 atom stereocenters. The largest absolute Gasteiger partial charge is 0.368 e. The van der Waals surface area contributed by atoms with E-state index in [9.17, 15) is 4.79 Å². The quantitative estimate of drug-likeness (QED) is 0.677. The number of nitrogens with zero attached hydrogens (tertiary/aromatic N) is 4. The van der Waals surface area contributed by atoms with Gasteiger partial charge in [0.05, 0.1) is 22.1 Å². The summed E-state index contributed by atoms with van der Waals surface area (Å²) in [7, 11) is 1.97. The van der Waals surface area contributed by atoms with Gasteiger partial charge in [0.2, 0.25) is 0 Å². The van der Waals surface area contributed by atoms with Gasteiger partial charge in [0, 0.05) is 45.3 Å². The molecule has 1 saturated heterocycles. The second-order valence-electron chi connectivity index (χ2n) is 7.26. The van der Waals surface area contributed by atoms with Gasteiger partial charge in [0.25, 0.3) is 5.56 Å². The van der Waals surface area contributed by atoms with Crippen LogP contribution in [0.4, 0.5) is 5.69 Å². The van der Waals surface area contributed by atoms with E-state index in [1.165, 1.54) is 0 Å². The number of hydrogen-bond donors (Lipinski definition) is 0. The van der Waals surface area contributed by atoms with Crippen LogP contribution in [0.1, 0.15) is 11.3 Å². The number of halogens is 1. The molecule has 1 aliphatic rings. The summed E-state index contributed by atoms with van der Waals surface area (Å²) >= 11 is 6.35. The van der Waals surface area contributed by atoms with Gasteiger partial charge in [0.1, 0.15) is 0 Å². The lowest BCUT2D eigenvalue weighted by molar-refractivity contribution is 0.242. The van der Waals surface area contributed by atoms with Crippen LogP contribution in [0, 0.1) is 6.92 Å². The SMILES string of the molecule is Cc1c(CN2CCN(c3ccccc3Cl)CC2)n(C)n(-c2ccccc2)c1=O. The summed E-state index contributed by atoms with van der Waals surface area (Å²) in [5.41, 5.74) is 3.94. The van der Waals surface area contributed by atoms with E-state index in [4.69, 9.17) is 11.6 Å². The number of anilines is 1. The fourth-order valence-electron chi connectivity index (χ4n) is 3.93. The highest BCUT2D eigenvalue weighted by molar-refractivity contribution is 6.33. The van der Waals surface area contributed by atoms with Crippen molar-refractivity contribution >= 4 is 17.3 Å². The molecule has 4 rings (SSSR count). The molecule has 0 N–H and O–H groups in total. The number of piperazine rings is 1. The summed E-state index contributed by atoms with van der Waals surface area (Å²) in [5.74, 6) is 0. The first-order valence-electron chi connectivity index (χ1n) is 9.61. The Morgan fingerprint density at radius 3 is 2.25 bits per heavy atom. The van der Waals surface area contributed by atoms with Crippen LogP contribution in [-0.4, -0.2) is 40.4 Å². The van der Waals surface area contributed by atoms with Crippen molar-refractivity contribution in [1.82, 2.24) is 14.3 Å². The maximum Gasteiger partial charge on any atom is 0.274 e. The standard InChI is InChI=1S/C22H25ClN4O/c1-17-21(24(2)27(22(17)28)18-8-4-3-5-9-18)16-25-12-14-26(15-13-25)20-11-7-6-10-19(20)23/h3-11H,12-16H2,1-2H3. The molecule has 3 aromatic rings. The first kappa shape index (κ1) is 18.8. The highest BCUT2D eigenvalue weighted by Gasteiger charge is 2.22. The van der Waals surface area contributed by atoms with Gasteiger partial charge in [-0.1, -0.05) is 41.9 Å². The molecule has 0 radical (unpaired) electrons. The molecular formula is C22H25ClN4O. The van der Waals surface area contributed by atoms with E-state index >= 15 is 0 Å². The topological polar surface area (TPSA) is 33.4 Å². The third-order valence-electron chi connectivity index (χ3n) is 5.58. The van der Waals surface area contributed by atoms with Crippen LogP contribution in [0.15, 0.2) is 59.4 Å². The molecular weight excluding hydrogens is 372 g/mol. The number of hydrogen-bond acceptors (Lipinski definition) is 3. The van der Waals surface area contributed by atoms with E-state index in [1.807, 2.05) is 67.2 Å². The van der Waals surface area contributed by atoms with Crippen LogP contribution >= 0.6 is 11.6 Å². The van der Waals surface area contributed by atoms with E-state index in [1.54, 1.807) is 4.68 Å². The molecule has 1 aliphatic heterocycles. The zero-order chi connectivity index (χ0) is 19.7. The van der Waals surface area contributed by atoms with Gasteiger partial charge in [0.15, 0.2) is 0 Å². The Kier molecular flexibility index (Phi) is 5.29. The normalized spacial score (nSPS) is 15.2.